The number of alkyl halides is 4. The Morgan fingerprint density at radius 2 is 0.463 bits per heavy atom. The van der Waals surface area contributed by atoms with Gasteiger partial charge >= 0.3 is 23.9 Å². The number of ether oxygens (including phenoxy) is 4. The summed E-state index contributed by atoms with van der Waals surface area (Å²) < 4.78 is 34.5. The summed E-state index contributed by atoms with van der Waals surface area (Å²) >= 11 is 25.2. The van der Waals surface area contributed by atoms with Gasteiger partial charge in [0.2, 0.25) is 0 Å². The van der Waals surface area contributed by atoms with E-state index in [9.17, 15) is 23.6 Å². The van der Waals surface area contributed by atoms with Crippen LogP contribution in [0.2, 0.25) is 5.02 Å². The van der Waals surface area contributed by atoms with Gasteiger partial charge in [-0.05, 0) is 321 Å². The lowest BCUT2D eigenvalue weighted by atomic mass is 10.2. The summed E-state index contributed by atoms with van der Waals surface area (Å²) in [5.41, 5.74) is 0. The molecule has 0 spiro atoms. The van der Waals surface area contributed by atoms with Crippen LogP contribution in [-0.2, 0) is 62.8 Å². The van der Waals surface area contributed by atoms with Gasteiger partial charge in [0, 0.05) is 13.1 Å². The van der Waals surface area contributed by atoms with Crippen molar-refractivity contribution >= 4 is 181 Å². The van der Waals surface area contributed by atoms with E-state index >= 15 is 0 Å². The van der Waals surface area contributed by atoms with Crippen molar-refractivity contribution in [3.63, 3.8) is 0 Å². The number of esters is 4. The maximum Gasteiger partial charge on any atom is 0.327 e. The second-order valence-electron chi connectivity index (χ2n) is 25.6. The fraction of sp³-hybridized carbons (Fsp3) is 0.136. The van der Waals surface area contributed by atoms with E-state index in [1.54, 1.807) is 67.5 Å². The number of benzene rings is 12. The number of hydrogen-bond acceptors (Lipinski definition) is 8. The molecular formula is C88H76Br5ClFIO8S4+4. The van der Waals surface area contributed by atoms with Gasteiger partial charge in [0.15, 0.2) is 58.7 Å². The zero-order valence-electron chi connectivity index (χ0n) is 59.9. The Kier molecular flexibility index (Phi) is 31.5. The van der Waals surface area contributed by atoms with Crippen molar-refractivity contribution in [2.45, 2.75) is 131 Å². The SMILES string of the molecule is CC(C)(Br)C(=O)Oc1ccc([S+](c2ccccc2)c2ccc(Br)cc2)cc1.CC(C)(Br)C(=O)Oc1ccc([S+](c2ccccc2)c2ccc(Cl)cc2)cc1.CC(C)(Br)C(=O)Oc1ccc([S+](c2ccccc2)c2ccc(F)cc2)cc1.CC(C)(Br)C(=O)Oc1ccc([S+](c2ccccc2)c2ccc(I)cc2)cc1. The van der Waals surface area contributed by atoms with Gasteiger partial charge in [-0.15, -0.1) is 0 Å². The third-order valence-corrected chi connectivity index (χ3v) is 26.9. The van der Waals surface area contributed by atoms with Crippen molar-refractivity contribution in [2.75, 3.05) is 0 Å². The molecule has 12 aromatic carbocycles. The van der Waals surface area contributed by atoms with Gasteiger partial charge in [0.1, 0.15) is 46.1 Å². The van der Waals surface area contributed by atoms with Crippen LogP contribution < -0.4 is 18.9 Å². The van der Waals surface area contributed by atoms with E-state index in [4.69, 9.17) is 30.5 Å². The largest absolute Gasteiger partial charge is 0.426 e. The summed E-state index contributed by atoms with van der Waals surface area (Å²) in [6, 6.07) is 104. The molecule has 20 heteroatoms. The first-order valence-electron chi connectivity index (χ1n) is 33.6. The number of halogens is 8. The average Bonchev–Trinajstić information content (AvgIpc) is 0.824. The number of hydrogen-bond donors (Lipinski definition) is 0. The Morgan fingerprint density at radius 3 is 0.676 bits per heavy atom. The predicted octanol–water partition coefficient (Wildman–Crippen LogP) is 25.6. The average molecular weight is 1970 g/mol. The molecule has 0 radical (unpaired) electrons. The smallest absolute Gasteiger partial charge is 0.327 e. The lowest BCUT2D eigenvalue weighted by molar-refractivity contribution is -0.136. The van der Waals surface area contributed by atoms with Crippen LogP contribution in [0, 0.1) is 9.39 Å². The summed E-state index contributed by atoms with van der Waals surface area (Å²) in [5.74, 6) is 0.566. The van der Waals surface area contributed by atoms with E-state index < -0.39 is 17.3 Å². The minimum Gasteiger partial charge on any atom is -0.426 e. The standard InChI is InChI=1S/C22H19Br2O2S.C22H19BrClO2S.C22H19BrFO2S.C22H19BrIO2S/c1-22(2,24)21(25)26-17-10-14-20(15-11-17)27(18-6-4-3-5-7-18)19-12-8-16(23)9-13-19;3*1-22(2,23)21(25)26-17-10-14-20(15-11-17)27(18-6-4-3-5-7-18)19-12-8-16(24)9-13-19/h4*3-15H,1-2H3/q4*+1. The molecule has 0 saturated heterocycles. The van der Waals surface area contributed by atoms with Crippen molar-refractivity contribution in [3.05, 3.63) is 334 Å². The number of carbonyl (C=O) groups excluding carboxylic acids is 4. The Hall–Kier alpha value is -6.73. The predicted molar refractivity (Wildman–Crippen MR) is 466 cm³/mol. The first-order chi connectivity index (χ1) is 51.4. The van der Waals surface area contributed by atoms with Crippen molar-refractivity contribution in [3.8, 4) is 23.0 Å². The molecule has 0 bridgehead atoms. The summed E-state index contributed by atoms with van der Waals surface area (Å²) in [4.78, 5) is 62.3. The molecule has 0 amide bonds. The molecule has 0 aliphatic heterocycles. The number of rotatable bonds is 20. The minimum absolute atomic E-state index is 0.214. The van der Waals surface area contributed by atoms with Crippen LogP contribution in [0.25, 0.3) is 0 Å². The highest BCUT2D eigenvalue weighted by Gasteiger charge is 2.35. The van der Waals surface area contributed by atoms with Crippen LogP contribution in [-0.4, -0.2) is 41.2 Å². The summed E-state index contributed by atoms with van der Waals surface area (Å²) in [6.45, 7) is 14.1. The van der Waals surface area contributed by atoms with Crippen LogP contribution >= 0.6 is 114 Å². The monoisotopic (exact) mass is 1960 g/mol. The van der Waals surface area contributed by atoms with Crippen molar-refractivity contribution in [1.82, 2.24) is 0 Å². The molecule has 0 aliphatic carbocycles. The molecule has 0 aromatic heterocycles. The first kappa shape index (κ1) is 85.3. The fourth-order valence-electron chi connectivity index (χ4n) is 9.63. The highest BCUT2D eigenvalue weighted by Crippen LogP contribution is 2.38. The van der Waals surface area contributed by atoms with E-state index in [0.29, 0.717) is 23.0 Å². The molecule has 4 unspecified atom stereocenters. The van der Waals surface area contributed by atoms with Crippen molar-refractivity contribution < 1.29 is 42.5 Å². The van der Waals surface area contributed by atoms with Crippen LogP contribution in [0.4, 0.5) is 4.39 Å². The molecule has 0 saturated carbocycles. The van der Waals surface area contributed by atoms with E-state index in [-0.39, 0.29) is 73.3 Å². The van der Waals surface area contributed by atoms with Gasteiger partial charge in [-0.2, -0.15) is 0 Å². The number of carbonyl (C=O) groups is 4. The van der Waals surface area contributed by atoms with Crippen LogP contribution in [0.15, 0.2) is 379 Å². The van der Waals surface area contributed by atoms with Gasteiger partial charge < -0.3 is 18.9 Å². The van der Waals surface area contributed by atoms with Crippen LogP contribution in [0.3, 0.4) is 0 Å². The molecule has 108 heavy (non-hydrogen) atoms. The molecule has 552 valence electrons. The highest BCUT2D eigenvalue weighted by molar-refractivity contribution is 14.1. The summed E-state index contributed by atoms with van der Waals surface area (Å²) in [6.07, 6.45) is 0. The van der Waals surface area contributed by atoms with Gasteiger partial charge in [-0.1, -0.05) is 164 Å². The van der Waals surface area contributed by atoms with E-state index in [1.807, 2.05) is 158 Å². The summed E-state index contributed by atoms with van der Waals surface area (Å²) in [7, 11) is -1.09. The summed E-state index contributed by atoms with van der Waals surface area (Å²) in [5, 5.41) is 0.718. The Morgan fingerprint density at radius 1 is 0.287 bits per heavy atom. The molecule has 4 atom stereocenters. The van der Waals surface area contributed by atoms with E-state index in [0.717, 1.165) is 29.1 Å². The lowest BCUT2D eigenvalue weighted by Crippen LogP contribution is -2.29. The zero-order chi connectivity index (χ0) is 77.8. The fourth-order valence-corrected chi connectivity index (χ4v) is 19.0. The Balaban J connectivity index is 0.000000166. The molecule has 12 rings (SSSR count). The maximum absolute atomic E-state index is 13.4. The third-order valence-electron chi connectivity index (χ3n) is 15.1. The lowest BCUT2D eigenvalue weighted by Gasteiger charge is -2.14. The van der Waals surface area contributed by atoms with Crippen LogP contribution in [0.5, 0.6) is 23.0 Å². The highest BCUT2D eigenvalue weighted by atomic mass is 127. The topological polar surface area (TPSA) is 105 Å². The molecule has 8 nitrogen and oxygen atoms in total. The molecule has 12 aromatic rings. The zero-order valence-corrected chi connectivity index (χ0v) is 74.1. The van der Waals surface area contributed by atoms with Gasteiger partial charge in [-0.25, -0.2) is 4.39 Å². The van der Waals surface area contributed by atoms with Gasteiger partial charge in [-0.3, -0.25) is 19.2 Å². The normalized spacial score (nSPS) is 12.4. The molecule has 0 heterocycles. The Labute approximate surface area is 704 Å². The Bertz CT molecular complexity index is 4250. The van der Waals surface area contributed by atoms with Crippen molar-refractivity contribution in [2.24, 2.45) is 0 Å². The third kappa shape index (κ3) is 25.7. The molecule has 0 aliphatic rings. The van der Waals surface area contributed by atoms with Crippen LogP contribution in [0.1, 0.15) is 55.4 Å². The quantitative estimate of drug-likeness (QED) is 0.0244. The van der Waals surface area contributed by atoms with Gasteiger partial charge in [0.25, 0.3) is 0 Å². The van der Waals surface area contributed by atoms with Crippen molar-refractivity contribution in [1.29, 1.82) is 0 Å². The maximum atomic E-state index is 13.4. The molecule has 0 fully saturated rings. The first-order valence-corrected chi connectivity index (χ1v) is 43.9. The second kappa shape index (κ2) is 39.9. The van der Waals surface area contributed by atoms with E-state index in [1.165, 1.54) is 54.9 Å². The van der Waals surface area contributed by atoms with E-state index in [2.05, 4.69) is 236 Å². The molecule has 0 N–H and O–H groups in total. The minimum atomic E-state index is -0.742. The molecular weight excluding hydrogens is 1890 g/mol. The van der Waals surface area contributed by atoms with Gasteiger partial charge in [0.05, 0.1) is 43.6 Å². The second-order valence-corrected chi connectivity index (χ2v) is 44.3.